The molecule has 0 fully saturated rings. The molecule has 0 saturated carbocycles. The Labute approximate surface area is 77.8 Å². The van der Waals surface area contributed by atoms with E-state index in [1.807, 2.05) is 6.92 Å². The largest absolute Gasteiger partial charge is 0.504 e. The van der Waals surface area contributed by atoms with Crippen molar-refractivity contribution in [3.05, 3.63) is 22.8 Å². The van der Waals surface area contributed by atoms with Gasteiger partial charge in [0.2, 0.25) is 0 Å². The lowest BCUT2D eigenvalue weighted by molar-refractivity contribution is 0.398. The van der Waals surface area contributed by atoms with E-state index < -0.39 is 0 Å². The molecule has 0 saturated heterocycles. The lowest BCUT2D eigenvalue weighted by Gasteiger charge is -2.19. The highest BCUT2D eigenvalue weighted by Crippen LogP contribution is 2.36. The number of phenols is 2. The lowest BCUT2D eigenvalue weighted by atomic mass is 9.88. The van der Waals surface area contributed by atoms with E-state index in [0.29, 0.717) is 0 Å². The number of hydrogen-bond donors (Lipinski definition) is 2. The second-order valence-electron chi connectivity index (χ2n) is 3.71. The zero-order chi connectivity index (χ0) is 9.42. The maximum Gasteiger partial charge on any atom is 0.160 e. The molecule has 1 aliphatic carbocycles. The average molecular weight is 178 g/mol. The van der Waals surface area contributed by atoms with Crippen molar-refractivity contribution >= 4 is 0 Å². The molecule has 0 aromatic heterocycles. The third-order valence-corrected chi connectivity index (χ3v) is 2.87. The van der Waals surface area contributed by atoms with Crippen molar-refractivity contribution in [3.8, 4) is 11.5 Å². The SMILES string of the molecule is Cc1c(O)c(O)cc2c1CCCC2. The summed E-state index contributed by atoms with van der Waals surface area (Å²) in [6, 6.07) is 1.71. The normalized spacial score (nSPS) is 15.5. The second kappa shape index (κ2) is 2.95. The van der Waals surface area contributed by atoms with Crippen LogP contribution in [0.4, 0.5) is 0 Å². The first-order valence-electron chi connectivity index (χ1n) is 4.73. The van der Waals surface area contributed by atoms with Crippen molar-refractivity contribution < 1.29 is 10.2 Å². The smallest absolute Gasteiger partial charge is 0.160 e. The Kier molecular flexibility index (Phi) is 1.91. The summed E-state index contributed by atoms with van der Waals surface area (Å²) in [6.07, 6.45) is 4.45. The van der Waals surface area contributed by atoms with Gasteiger partial charge < -0.3 is 10.2 Å². The van der Waals surface area contributed by atoms with Crippen LogP contribution in [0.5, 0.6) is 11.5 Å². The fourth-order valence-corrected chi connectivity index (χ4v) is 2.08. The lowest BCUT2D eigenvalue weighted by Crippen LogP contribution is -2.04. The van der Waals surface area contributed by atoms with Gasteiger partial charge >= 0.3 is 0 Å². The fraction of sp³-hybridized carbons (Fsp3) is 0.455. The molecule has 1 aromatic carbocycles. The molecule has 2 rings (SSSR count). The molecule has 0 amide bonds. The van der Waals surface area contributed by atoms with E-state index >= 15 is 0 Å². The highest BCUT2D eigenvalue weighted by molar-refractivity contribution is 5.52. The van der Waals surface area contributed by atoms with Gasteiger partial charge in [0.15, 0.2) is 11.5 Å². The van der Waals surface area contributed by atoms with Gasteiger partial charge in [0.1, 0.15) is 0 Å². The summed E-state index contributed by atoms with van der Waals surface area (Å²) in [5.74, 6) is 0.0822. The third kappa shape index (κ3) is 1.26. The highest BCUT2D eigenvalue weighted by atomic mass is 16.3. The van der Waals surface area contributed by atoms with Gasteiger partial charge in [0, 0.05) is 0 Å². The van der Waals surface area contributed by atoms with E-state index in [2.05, 4.69) is 0 Å². The predicted octanol–water partition coefficient (Wildman–Crippen LogP) is 2.29. The van der Waals surface area contributed by atoms with Crippen LogP contribution in [0.25, 0.3) is 0 Å². The molecule has 0 spiro atoms. The van der Waals surface area contributed by atoms with Crippen molar-refractivity contribution in [2.75, 3.05) is 0 Å². The molecule has 0 heterocycles. The van der Waals surface area contributed by atoms with E-state index in [1.165, 1.54) is 24.0 Å². The summed E-state index contributed by atoms with van der Waals surface area (Å²) >= 11 is 0. The Morgan fingerprint density at radius 3 is 2.62 bits per heavy atom. The van der Waals surface area contributed by atoms with Gasteiger partial charge in [0.05, 0.1) is 0 Å². The van der Waals surface area contributed by atoms with E-state index in [0.717, 1.165) is 18.4 Å². The van der Waals surface area contributed by atoms with Crippen LogP contribution in [0.1, 0.15) is 29.5 Å². The van der Waals surface area contributed by atoms with Gasteiger partial charge in [-0.25, -0.2) is 0 Å². The van der Waals surface area contributed by atoms with E-state index in [-0.39, 0.29) is 11.5 Å². The first kappa shape index (κ1) is 8.42. The minimum atomic E-state index is 0.0261. The number of aromatic hydroxyl groups is 2. The molecule has 0 radical (unpaired) electrons. The highest BCUT2D eigenvalue weighted by Gasteiger charge is 2.16. The zero-order valence-corrected chi connectivity index (χ0v) is 7.80. The average Bonchev–Trinajstić information content (AvgIpc) is 2.15. The van der Waals surface area contributed by atoms with Crippen molar-refractivity contribution in [1.82, 2.24) is 0 Å². The zero-order valence-electron chi connectivity index (χ0n) is 7.80. The predicted molar refractivity (Wildman–Crippen MR) is 51.2 cm³/mol. The number of hydrogen-bond acceptors (Lipinski definition) is 2. The Bertz CT molecular complexity index is 342. The van der Waals surface area contributed by atoms with Crippen molar-refractivity contribution in [2.24, 2.45) is 0 Å². The van der Waals surface area contributed by atoms with E-state index in [1.54, 1.807) is 6.07 Å². The quantitative estimate of drug-likeness (QED) is 0.598. The van der Waals surface area contributed by atoms with Crippen LogP contribution in [0.2, 0.25) is 0 Å². The Balaban J connectivity index is 2.60. The molecule has 0 unspecified atom stereocenters. The molecule has 2 heteroatoms. The Morgan fingerprint density at radius 1 is 1.15 bits per heavy atom. The molecule has 70 valence electrons. The van der Waals surface area contributed by atoms with Crippen LogP contribution in [0.15, 0.2) is 6.07 Å². The van der Waals surface area contributed by atoms with Crippen LogP contribution in [0.3, 0.4) is 0 Å². The molecule has 0 atom stereocenters. The summed E-state index contributed by atoms with van der Waals surface area (Å²) in [5.41, 5.74) is 3.30. The van der Waals surface area contributed by atoms with Gasteiger partial charge in [-0.15, -0.1) is 0 Å². The molecule has 1 aromatic rings. The third-order valence-electron chi connectivity index (χ3n) is 2.87. The van der Waals surface area contributed by atoms with Crippen LogP contribution in [-0.2, 0) is 12.8 Å². The van der Waals surface area contributed by atoms with Gasteiger partial charge in [0.25, 0.3) is 0 Å². The number of aryl methyl sites for hydroxylation is 1. The number of phenolic OH excluding ortho intramolecular Hbond substituents is 2. The molecule has 13 heavy (non-hydrogen) atoms. The van der Waals surface area contributed by atoms with Gasteiger partial charge in [-0.05, 0) is 55.4 Å². The molecular formula is C11H14O2. The molecule has 2 N–H and O–H groups in total. The summed E-state index contributed by atoms with van der Waals surface area (Å²) in [7, 11) is 0. The van der Waals surface area contributed by atoms with E-state index in [9.17, 15) is 10.2 Å². The molecule has 1 aliphatic rings. The Hall–Kier alpha value is -1.18. The van der Waals surface area contributed by atoms with Crippen molar-refractivity contribution in [1.29, 1.82) is 0 Å². The maximum absolute atomic E-state index is 9.51. The standard InChI is InChI=1S/C11H14O2/c1-7-9-5-3-2-4-8(9)6-10(12)11(7)13/h6,12-13H,2-5H2,1H3. The first-order chi connectivity index (χ1) is 6.20. The summed E-state index contributed by atoms with van der Waals surface area (Å²) < 4.78 is 0. The monoisotopic (exact) mass is 178 g/mol. The first-order valence-corrected chi connectivity index (χ1v) is 4.73. The molecule has 0 aliphatic heterocycles. The number of rotatable bonds is 0. The molecule has 2 nitrogen and oxygen atoms in total. The minimum Gasteiger partial charge on any atom is -0.504 e. The summed E-state index contributed by atoms with van der Waals surface area (Å²) in [6.45, 7) is 1.87. The number of fused-ring (bicyclic) bond motifs is 1. The fourth-order valence-electron chi connectivity index (χ4n) is 2.08. The van der Waals surface area contributed by atoms with Gasteiger partial charge in [-0.3, -0.25) is 0 Å². The van der Waals surface area contributed by atoms with Gasteiger partial charge in [-0.2, -0.15) is 0 Å². The molecule has 0 bridgehead atoms. The second-order valence-corrected chi connectivity index (χ2v) is 3.71. The van der Waals surface area contributed by atoms with Crippen molar-refractivity contribution in [3.63, 3.8) is 0 Å². The maximum atomic E-state index is 9.51. The van der Waals surface area contributed by atoms with Crippen LogP contribution >= 0.6 is 0 Å². The molecular weight excluding hydrogens is 164 g/mol. The summed E-state index contributed by atoms with van der Waals surface area (Å²) in [4.78, 5) is 0. The van der Waals surface area contributed by atoms with Crippen LogP contribution in [0, 0.1) is 6.92 Å². The van der Waals surface area contributed by atoms with Gasteiger partial charge in [-0.1, -0.05) is 0 Å². The minimum absolute atomic E-state index is 0.0261. The van der Waals surface area contributed by atoms with E-state index in [4.69, 9.17) is 0 Å². The summed E-state index contributed by atoms with van der Waals surface area (Å²) in [5, 5.41) is 18.9. The Morgan fingerprint density at radius 2 is 1.85 bits per heavy atom. The van der Waals surface area contributed by atoms with Crippen LogP contribution in [-0.4, -0.2) is 10.2 Å². The topological polar surface area (TPSA) is 40.5 Å². The number of benzene rings is 1. The van der Waals surface area contributed by atoms with Crippen molar-refractivity contribution in [2.45, 2.75) is 32.6 Å². The van der Waals surface area contributed by atoms with Crippen LogP contribution < -0.4 is 0 Å².